The summed E-state index contributed by atoms with van der Waals surface area (Å²) in [6, 6.07) is 7.60. The standard InChI is InChI=1S/C15H12FNO4/c16-11-4-2-1-3-9(11)7-12-10(5-6-17-12)13(18)8-14(19)15(20)21/h1-6,8,17,19H,7H2,(H,20,21)/b14-8-. The number of hydrogen-bond acceptors (Lipinski definition) is 3. The number of hydrogen-bond donors (Lipinski definition) is 3. The first-order chi connectivity index (χ1) is 9.99. The first-order valence-electron chi connectivity index (χ1n) is 6.07. The summed E-state index contributed by atoms with van der Waals surface area (Å²) in [5, 5.41) is 17.6. The highest BCUT2D eigenvalue weighted by molar-refractivity contribution is 6.08. The molecule has 0 amide bonds. The first kappa shape index (κ1) is 14.5. The lowest BCUT2D eigenvalue weighted by Gasteiger charge is -2.03. The number of nitrogens with one attached hydrogen (secondary N) is 1. The summed E-state index contributed by atoms with van der Waals surface area (Å²) < 4.78 is 13.6. The largest absolute Gasteiger partial charge is 0.502 e. The summed E-state index contributed by atoms with van der Waals surface area (Å²) in [5.41, 5.74) is 1.03. The van der Waals surface area contributed by atoms with Crippen LogP contribution in [0.4, 0.5) is 4.39 Å². The molecule has 0 unspecified atom stereocenters. The molecule has 0 atom stereocenters. The number of aromatic nitrogens is 1. The molecule has 21 heavy (non-hydrogen) atoms. The zero-order valence-corrected chi connectivity index (χ0v) is 10.8. The van der Waals surface area contributed by atoms with Crippen LogP contribution in [0.2, 0.25) is 0 Å². The van der Waals surface area contributed by atoms with Crippen LogP contribution < -0.4 is 0 Å². The van der Waals surface area contributed by atoms with Crippen molar-refractivity contribution in [3.05, 3.63) is 71.0 Å². The third-order valence-electron chi connectivity index (χ3n) is 2.91. The summed E-state index contributed by atoms with van der Waals surface area (Å²) in [4.78, 5) is 25.2. The number of aliphatic hydroxyl groups excluding tert-OH is 1. The third kappa shape index (κ3) is 3.36. The van der Waals surface area contributed by atoms with Crippen molar-refractivity contribution in [3.63, 3.8) is 0 Å². The lowest BCUT2D eigenvalue weighted by molar-refractivity contribution is -0.135. The summed E-state index contributed by atoms with van der Waals surface area (Å²) in [6.07, 6.45) is 2.27. The van der Waals surface area contributed by atoms with Gasteiger partial charge < -0.3 is 15.2 Å². The summed E-state index contributed by atoms with van der Waals surface area (Å²) in [7, 11) is 0. The number of aromatic amines is 1. The van der Waals surface area contributed by atoms with Gasteiger partial charge in [-0.2, -0.15) is 0 Å². The van der Waals surface area contributed by atoms with Crippen LogP contribution in [-0.2, 0) is 11.2 Å². The van der Waals surface area contributed by atoms with Gasteiger partial charge in [-0.15, -0.1) is 0 Å². The number of halogens is 1. The van der Waals surface area contributed by atoms with E-state index >= 15 is 0 Å². The normalized spacial score (nSPS) is 11.4. The van der Waals surface area contributed by atoms with E-state index in [1.807, 2.05) is 0 Å². The number of rotatable bonds is 5. The average molecular weight is 289 g/mol. The molecule has 6 heteroatoms. The molecule has 5 nitrogen and oxygen atoms in total. The Morgan fingerprint density at radius 3 is 2.57 bits per heavy atom. The Morgan fingerprint density at radius 2 is 1.90 bits per heavy atom. The molecule has 1 aromatic carbocycles. The Bertz CT molecular complexity index is 718. The maximum absolute atomic E-state index is 13.6. The second-order valence-electron chi connectivity index (χ2n) is 4.34. The number of ketones is 1. The highest BCUT2D eigenvalue weighted by Crippen LogP contribution is 2.16. The molecule has 0 fully saturated rings. The second-order valence-corrected chi connectivity index (χ2v) is 4.34. The Hall–Kier alpha value is -2.89. The fourth-order valence-electron chi connectivity index (χ4n) is 1.88. The summed E-state index contributed by atoms with van der Waals surface area (Å²) >= 11 is 0. The molecular weight excluding hydrogens is 277 g/mol. The highest BCUT2D eigenvalue weighted by atomic mass is 19.1. The van der Waals surface area contributed by atoms with Crippen LogP contribution >= 0.6 is 0 Å². The fourth-order valence-corrected chi connectivity index (χ4v) is 1.88. The molecule has 0 aliphatic rings. The van der Waals surface area contributed by atoms with Crippen LogP contribution in [0.3, 0.4) is 0 Å². The van der Waals surface area contributed by atoms with Crippen LogP contribution in [0, 0.1) is 5.82 Å². The van der Waals surface area contributed by atoms with Crippen LogP contribution in [-0.4, -0.2) is 26.9 Å². The predicted octanol–water partition coefficient (Wildman–Crippen LogP) is 2.45. The minimum absolute atomic E-state index is 0.155. The number of aliphatic carboxylic acids is 1. The van der Waals surface area contributed by atoms with E-state index in [4.69, 9.17) is 10.2 Å². The minimum Gasteiger partial charge on any atom is -0.502 e. The van der Waals surface area contributed by atoms with Gasteiger partial charge in [0.2, 0.25) is 5.76 Å². The summed E-state index contributed by atoms with van der Waals surface area (Å²) in [5.74, 6) is -3.69. The Kier molecular flexibility index (Phi) is 4.18. The van der Waals surface area contributed by atoms with Gasteiger partial charge >= 0.3 is 5.97 Å². The molecule has 0 radical (unpaired) electrons. The lowest BCUT2D eigenvalue weighted by atomic mass is 10.0. The van der Waals surface area contributed by atoms with Gasteiger partial charge in [-0.1, -0.05) is 18.2 Å². The Labute approximate surface area is 119 Å². The van der Waals surface area contributed by atoms with Crippen molar-refractivity contribution in [2.45, 2.75) is 6.42 Å². The predicted molar refractivity (Wildman–Crippen MR) is 72.7 cm³/mol. The molecule has 3 N–H and O–H groups in total. The van der Waals surface area contributed by atoms with Gasteiger partial charge in [-0.3, -0.25) is 4.79 Å². The fraction of sp³-hybridized carbons (Fsp3) is 0.0667. The number of carbonyl (C=O) groups excluding carboxylic acids is 1. The number of carboxylic acid groups (broad SMARTS) is 1. The lowest BCUT2D eigenvalue weighted by Crippen LogP contribution is -2.06. The highest BCUT2D eigenvalue weighted by Gasteiger charge is 2.15. The molecule has 0 aliphatic heterocycles. The molecule has 0 saturated carbocycles. The van der Waals surface area contributed by atoms with E-state index in [9.17, 15) is 14.0 Å². The molecule has 1 aromatic heterocycles. The molecule has 1 heterocycles. The van der Waals surface area contributed by atoms with Gasteiger partial charge in [0.1, 0.15) is 5.82 Å². The van der Waals surface area contributed by atoms with Gasteiger partial charge in [0.25, 0.3) is 0 Å². The first-order valence-corrected chi connectivity index (χ1v) is 6.07. The topological polar surface area (TPSA) is 90.4 Å². The smallest absolute Gasteiger partial charge is 0.371 e. The van der Waals surface area contributed by atoms with Crippen molar-refractivity contribution in [1.29, 1.82) is 0 Å². The Morgan fingerprint density at radius 1 is 1.19 bits per heavy atom. The van der Waals surface area contributed by atoms with Crippen molar-refractivity contribution in [2.75, 3.05) is 0 Å². The van der Waals surface area contributed by atoms with Gasteiger partial charge in [0, 0.05) is 30.0 Å². The van der Waals surface area contributed by atoms with Crippen molar-refractivity contribution in [3.8, 4) is 0 Å². The molecule has 2 aromatic rings. The molecule has 0 spiro atoms. The van der Waals surface area contributed by atoms with Crippen LogP contribution in [0.5, 0.6) is 0 Å². The quantitative estimate of drug-likeness (QED) is 0.448. The van der Waals surface area contributed by atoms with Crippen LogP contribution in [0.1, 0.15) is 21.6 Å². The van der Waals surface area contributed by atoms with Gasteiger partial charge in [0.05, 0.1) is 0 Å². The molecule has 0 bridgehead atoms. The van der Waals surface area contributed by atoms with E-state index in [1.165, 1.54) is 18.3 Å². The number of allylic oxidation sites excluding steroid dienone is 1. The number of benzene rings is 1. The number of carboxylic acids is 1. The maximum atomic E-state index is 13.6. The molecular formula is C15H12FNO4. The van der Waals surface area contributed by atoms with E-state index in [2.05, 4.69) is 4.98 Å². The zero-order chi connectivity index (χ0) is 15.4. The van der Waals surface area contributed by atoms with E-state index in [1.54, 1.807) is 18.2 Å². The zero-order valence-electron chi connectivity index (χ0n) is 10.8. The molecule has 0 saturated heterocycles. The second kappa shape index (κ2) is 6.04. The van der Waals surface area contributed by atoms with E-state index in [-0.39, 0.29) is 12.0 Å². The Balaban J connectivity index is 2.27. The number of carbonyl (C=O) groups is 2. The third-order valence-corrected chi connectivity index (χ3v) is 2.91. The molecule has 0 aliphatic carbocycles. The molecule has 2 rings (SSSR count). The monoisotopic (exact) mass is 289 g/mol. The van der Waals surface area contributed by atoms with E-state index in [0.717, 1.165) is 0 Å². The van der Waals surface area contributed by atoms with Crippen molar-refractivity contribution >= 4 is 11.8 Å². The van der Waals surface area contributed by atoms with Crippen LogP contribution in [0.25, 0.3) is 0 Å². The maximum Gasteiger partial charge on any atom is 0.371 e. The molecule has 108 valence electrons. The SMILES string of the molecule is O=C(O)/C(O)=C/C(=O)c1cc[nH]c1Cc1ccccc1F. The van der Waals surface area contributed by atoms with E-state index < -0.39 is 23.3 Å². The summed E-state index contributed by atoms with van der Waals surface area (Å²) in [6.45, 7) is 0. The van der Waals surface area contributed by atoms with Gasteiger partial charge in [-0.25, -0.2) is 9.18 Å². The van der Waals surface area contributed by atoms with Gasteiger partial charge in [-0.05, 0) is 17.7 Å². The number of aliphatic hydroxyl groups is 1. The number of H-pyrrole nitrogens is 1. The van der Waals surface area contributed by atoms with Crippen molar-refractivity contribution in [1.82, 2.24) is 4.98 Å². The van der Waals surface area contributed by atoms with Crippen molar-refractivity contribution in [2.24, 2.45) is 0 Å². The van der Waals surface area contributed by atoms with Crippen LogP contribution in [0.15, 0.2) is 48.4 Å². The van der Waals surface area contributed by atoms with Gasteiger partial charge in [0.15, 0.2) is 5.78 Å². The van der Waals surface area contributed by atoms with Crippen molar-refractivity contribution < 1.29 is 24.2 Å². The van der Waals surface area contributed by atoms with E-state index in [0.29, 0.717) is 17.3 Å². The average Bonchev–Trinajstić information content (AvgIpc) is 2.89. The minimum atomic E-state index is -1.59.